The molecule has 1 aliphatic rings. The molecule has 1 fully saturated rings. The maximum atomic E-state index is 12.1. The molecule has 0 saturated carbocycles. The molecule has 0 unspecified atom stereocenters. The van der Waals surface area contributed by atoms with Crippen molar-refractivity contribution in [3.63, 3.8) is 0 Å². The van der Waals surface area contributed by atoms with Crippen molar-refractivity contribution in [2.45, 2.75) is 11.0 Å². The Labute approximate surface area is 174 Å². The molecule has 2 aromatic rings. The lowest BCUT2D eigenvalue weighted by molar-refractivity contribution is -0.118. The minimum absolute atomic E-state index is 0. The summed E-state index contributed by atoms with van der Waals surface area (Å²) in [6, 6.07) is 13.1. The Morgan fingerprint density at radius 2 is 1.81 bits per heavy atom. The van der Waals surface area contributed by atoms with Gasteiger partial charge in [-0.05, 0) is 47.8 Å². The Kier molecular flexibility index (Phi) is 8.47. The van der Waals surface area contributed by atoms with Crippen LogP contribution in [0.25, 0.3) is 0 Å². The highest BCUT2D eigenvalue weighted by molar-refractivity contribution is 8.16. The van der Waals surface area contributed by atoms with E-state index in [1.807, 2.05) is 35.7 Å². The zero-order valence-electron chi connectivity index (χ0n) is 15.0. The average Bonchev–Trinajstić information content (AvgIpc) is 2.69. The number of nitrogen functional groups attached to an aromatic ring is 1. The van der Waals surface area contributed by atoms with Gasteiger partial charge in [-0.3, -0.25) is 4.79 Å². The van der Waals surface area contributed by atoms with E-state index in [9.17, 15) is 4.79 Å². The van der Waals surface area contributed by atoms with Crippen molar-refractivity contribution in [1.82, 2.24) is 0 Å². The van der Waals surface area contributed by atoms with Crippen molar-refractivity contribution in [2.75, 3.05) is 36.3 Å². The predicted octanol–water partition coefficient (Wildman–Crippen LogP) is 4.59. The van der Waals surface area contributed by atoms with Gasteiger partial charge in [0.05, 0.1) is 23.1 Å². The van der Waals surface area contributed by atoms with Crippen LogP contribution in [0, 0.1) is 0 Å². The molecule has 0 aromatic heterocycles. The smallest absolute Gasteiger partial charge is 0.262 e. The maximum Gasteiger partial charge on any atom is 0.262 e. The molecule has 5 nitrogen and oxygen atoms in total. The molecule has 0 radical (unpaired) electrons. The third kappa shape index (κ3) is 6.16. The number of nitrogens with two attached hydrogens (primary N) is 1. The van der Waals surface area contributed by atoms with E-state index in [1.54, 1.807) is 25.3 Å². The van der Waals surface area contributed by atoms with Crippen LogP contribution in [0.15, 0.2) is 42.5 Å². The van der Waals surface area contributed by atoms with Gasteiger partial charge in [0, 0.05) is 6.07 Å². The van der Waals surface area contributed by atoms with Crippen molar-refractivity contribution in [2.24, 2.45) is 0 Å². The number of ether oxygens (including phenoxy) is 2. The number of hydrogen-bond donors (Lipinski definition) is 2. The molecule has 1 amide bonds. The van der Waals surface area contributed by atoms with Crippen molar-refractivity contribution in [3.05, 3.63) is 48.0 Å². The van der Waals surface area contributed by atoms with Gasteiger partial charge in [-0.2, -0.15) is 0 Å². The zero-order valence-corrected chi connectivity index (χ0v) is 17.4. The third-order valence-electron chi connectivity index (χ3n) is 3.88. The summed E-state index contributed by atoms with van der Waals surface area (Å²) >= 11 is 3.96. The van der Waals surface area contributed by atoms with Gasteiger partial charge in [0.2, 0.25) is 0 Å². The Balaban J connectivity index is 0.00000261. The number of anilines is 2. The Morgan fingerprint density at radius 1 is 1.15 bits per heavy atom. The van der Waals surface area contributed by atoms with Crippen LogP contribution < -0.4 is 20.5 Å². The van der Waals surface area contributed by atoms with E-state index in [4.69, 9.17) is 15.2 Å². The normalized spacial score (nSPS) is 14.1. The largest absolute Gasteiger partial charge is 0.497 e. The number of carbonyl (C=O) groups is 1. The summed E-state index contributed by atoms with van der Waals surface area (Å²) in [6.07, 6.45) is 1.28. The lowest BCUT2D eigenvalue weighted by Gasteiger charge is -2.21. The highest BCUT2D eigenvalue weighted by Crippen LogP contribution is 2.43. The molecule has 1 saturated heterocycles. The third-order valence-corrected chi connectivity index (χ3v) is 6.90. The minimum Gasteiger partial charge on any atom is -0.497 e. The van der Waals surface area contributed by atoms with Crippen molar-refractivity contribution >= 4 is 53.2 Å². The number of thioether (sulfide) groups is 2. The van der Waals surface area contributed by atoms with Crippen LogP contribution in [0.3, 0.4) is 0 Å². The summed E-state index contributed by atoms with van der Waals surface area (Å²) in [4.78, 5) is 12.1. The van der Waals surface area contributed by atoms with Crippen molar-refractivity contribution in [3.8, 4) is 11.5 Å². The fraction of sp³-hybridized carbons (Fsp3) is 0.316. The van der Waals surface area contributed by atoms with Gasteiger partial charge in [-0.1, -0.05) is 12.1 Å². The van der Waals surface area contributed by atoms with Gasteiger partial charge >= 0.3 is 0 Å². The number of hydrogen-bond acceptors (Lipinski definition) is 6. The van der Waals surface area contributed by atoms with Gasteiger partial charge in [0.1, 0.15) is 11.5 Å². The van der Waals surface area contributed by atoms with Gasteiger partial charge in [0.25, 0.3) is 5.91 Å². The highest BCUT2D eigenvalue weighted by atomic mass is 35.5. The number of methoxy groups -OCH3 is 1. The second kappa shape index (κ2) is 10.6. The molecule has 0 aliphatic carbocycles. The first-order valence-electron chi connectivity index (χ1n) is 8.35. The summed E-state index contributed by atoms with van der Waals surface area (Å²) in [5, 5.41) is 2.74. The summed E-state index contributed by atoms with van der Waals surface area (Å²) in [5.74, 6) is 3.46. The molecule has 0 spiro atoms. The van der Waals surface area contributed by atoms with E-state index >= 15 is 0 Å². The SMILES string of the molecule is COc1ccc(N)c(NC(=O)COc2ccc(C3SCCCS3)cc2)c1.Cl. The molecule has 3 rings (SSSR count). The first kappa shape index (κ1) is 21.6. The molecule has 27 heavy (non-hydrogen) atoms. The monoisotopic (exact) mass is 426 g/mol. The minimum atomic E-state index is -0.271. The molecular weight excluding hydrogens is 404 g/mol. The Morgan fingerprint density at radius 3 is 2.48 bits per heavy atom. The fourth-order valence-corrected chi connectivity index (χ4v) is 5.40. The number of carbonyl (C=O) groups excluding carboxylic acids is 1. The quantitative estimate of drug-likeness (QED) is 0.658. The van der Waals surface area contributed by atoms with Crippen molar-refractivity contribution < 1.29 is 14.3 Å². The molecule has 1 heterocycles. The van der Waals surface area contributed by atoms with Crippen molar-refractivity contribution in [1.29, 1.82) is 0 Å². The van der Waals surface area contributed by atoms with Crippen LogP contribution in [0.4, 0.5) is 11.4 Å². The number of rotatable bonds is 6. The second-order valence-corrected chi connectivity index (χ2v) is 8.51. The molecule has 146 valence electrons. The van der Waals surface area contributed by atoms with Crippen LogP contribution in [0.1, 0.15) is 16.6 Å². The van der Waals surface area contributed by atoms with Crippen LogP contribution in [-0.2, 0) is 4.79 Å². The Bertz CT molecular complexity index is 753. The summed E-state index contributed by atoms with van der Waals surface area (Å²) < 4.78 is 11.2. The van der Waals surface area contributed by atoms with E-state index in [-0.39, 0.29) is 24.9 Å². The zero-order chi connectivity index (χ0) is 18.4. The van der Waals surface area contributed by atoms with Crippen LogP contribution in [0.2, 0.25) is 0 Å². The second-order valence-electron chi connectivity index (χ2n) is 5.79. The van der Waals surface area contributed by atoms with Gasteiger partial charge < -0.3 is 20.5 Å². The standard InChI is InChI=1S/C19H22N2O3S2.ClH/c1-23-15-7-8-16(20)17(11-15)21-18(22)12-24-14-5-3-13(4-6-14)19-25-9-2-10-26-19;/h3-8,11,19H,2,9-10,12,20H2,1H3,(H,21,22);1H. The maximum absolute atomic E-state index is 12.1. The number of benzene rings is 2. The Hall–Kier alpha value is -1.70. The van der Waals surface area contributed by atoms with Gasteiger partial charge in [-0.25, -0.2) is 0 Å². The van der Waals surface area contributed by atoms with E-state index in [2.05, 4.69) is 17.4 Å². The van der Waals surface area contributed by atoms with Gasteiger partial charge in [-0.15, -0.1) is 35.9 Å². The molecule has 2 aromatic carbocycles. The molecule has 0 atom stereocenters. The first-order valence-corrected chi connectivity index (χ1v) is 10.4. The number of halogens is 1. The fourth-order valence-electron chi connectivity index (χ4n) is 2.51. The van der Waals surface area contributed by atoms with E-state index < -0.39 is 0 Å². The van der Waals surface area contributed by atoms with Gasteiger partial charge in [0.15, 0.2) is 6.61 Å². The van der Waals surface area contributed by atoms with Crippen LogP contribution >= 0.6 is 35.9 Å². The number of amides is 1. The summed E-state index contributed by atoms with van der Waals surface area (Å²) in [7, 11) is 1.56. The summed E-state index contributed by atoms with van der Waals surface area (Å²) in [6.45, 7) is -0.0804. The topological polar surface area (TPSA) is 73.6 Å². The molecule has 8 heteroatoms. The molecular formula is C19H23ClN2O3S2. The first-order chi connectivity index (χ1) is 12.7. The number of nitrogens with one attached hydrogen (secondary N) is 1. The molecule has 1 aliphatic heterocycles. The average molecular weight is 427 g/mol. The van der Waals surface area contributed by atoms with E-state index in [0.717, 1.165) is 0 Å². The highest BCUT2D eigenvalue weighted by Gasteiger charge is 2.16. The van der Waals surface area contributed by atoms with E-state index in [1.165, 1.54) is 23.5 Å². The predicted molar refractivity (Wildman–Crippen MR) is 117 cm³/mol. The summed E-state index contributed by atoms with van der Waals surface area (Å²) in [5.41, 5.74) is 8.16. The lowest BCUT2D eigenvalue weighted by Crippen LogP contribution is -2.20. The van der Waals surface area contributed by atoms with E-state index in [0.29, 0.717) is 27.5 Å². The molecule has 0 bridgehead atoms. The molecule has 3 N–H and O–H groups in total. The lowest BCUT2D eigenvalue weighted by atomic mass is 10.2. The van der Waals surface area contributed by atoms with Crippen LogP contribution in [0.5, 0.6) is 11.5 Å². The van der Waals surface area contributed by atoms with Crippen LogP contribution in [-0.4, -0.2) is 31.1 Å².